The third kappa shape index (κ3) is 3.45. The molecule has 0 aromatic carbocycles. The van der Waals surface area contributed by atoms with Crippen molar-refractivity contribution in [2.45, 2.75) is 37.0 Å². The summed E-state index contributed by atoms with van der Waals surface area (Å²) in [5.41, 5.74) is 0. The van der Waals surface area contributed by atoms with E-state index in [-0.39, 0.29) is 6.04 Å². The molecule has 0 aromatic heterocycles. The molecule has 16 heavy (non-hydrogen) atoms. The minimum absolute atomic E-state index is 0.242. The molecule has 0 aliphatic heterocycles. The van der Waals surface area contributed by atoms with Gasteiger partial charge in [0.2, 0.25) is 0 Å². The zero-order valence-electron chi connectivity index (χ0n) is 9.73. The van der Waals surface area contributed by atoms with Gasteiger partial charge in [-0.05, 0) is 26.3 Å². The van der Waals surface area contributed by atoms with Crippen molar-refractivity contribution in [2.24, 2.45) is 0 Å². The second-order valence-corrected chi connectivity index (χ2v) is 6.44. The molecular formula is C10H19NO4S. The molecule has 0 saturated heterocycles. The molecule has 0 spiro atoms. The molecule has 94 valence electrons. The highest BCUT2D eigenvalue weighted by atomic mass is 32.2. The third-order valence-electron chi connectivity index (χ3n) is 3.09. The molecule has 0 radical (unpaired) electrons. The van der Waals surface area contributed by atoms with Crippen molar-refractivity contribution in [1.29, 1.82) is 0 Å². The van der Waals surface area contributed by atoms with Gasteiger partial charge in [0.25, 0.3) is 0 Å². The lowest BCUT2D eigenvalue weighted by atomic mass is 9.95. The maximum absolute atomic E-state index is 11.9. The van der Waals surface area contributed by atoms with Crippen LogP contribution >= 0.6 is 0 Å². The molecule has 5 nitrogen and oxygen atoms in total. The largest absolute Gasteiger partial charge is 0.468 e. The Morgan fingerprint density at radius 2 is 2.12 bits per heavy atom. The molecule has 0 aromatic rings. The van der Waals surface area contributed by atoms with E-state index in [9.17, 15) is 13.2 Å². The first-order valence-electron chi connectivity index (χ1n) is 5.45. The molecule has 1 N–H and O–H groups in total. The van der Waals surface area contributed by atoms with Gasteiger partial charge in [0.05, 0.1) is 12.4 Å². The Balaban J connectivity index is 2.64. The second kappa shape index (κ2) is 5.63. The third-order valence-corrected chi connectivity index (χ3v) is 5.17. The molecule has 1 aliphatic carbocycles. The first-order valence-corrected chi connectivity index (χ1v) is 7.16. The normalized spacial score (nSPS) is 26.4. The maximum atomic E-state index is 11.9. The van der Waals surface area contributed by atoms with Crippen molar-refractivity contribution in [3.05, 3.63) is 0 Å². The van der Waals surface area contributed by atoms with Gasteiger partial charge in [-0.3, -0.25) is 4.79 Å². The lowest BCUT2D eigenvalue weighted by Gasteiger charge is -2.28. The van der Waals surface area contributed by atoms with Crippen molar-refractivity contribution in [3.63, 3.8) is 0 Å². The predicted octanol–water partition coefficient (Wildman–Crippen LogP) is 0.105. The molecular weight excluding hydrogens is 230 g/mol. The number of hydrogen-bond donors (Lipinski definition) is 1. The van der Waals surface area contributed by atoms with Crippen LogP contribution in [-0.4, -0.2) is 45.6 Å². The lowest BCUT2D eigenvalue weighted by Crippen LogP contribution is -2.39. The second-order valence-electron chi connectivity index (χ2n) is 4.16. The Bertz CT molecular complexity index is 339. The number of esters is 1. The van der Waals surface area contributed by atoms with Crippen LogP contribution in [0.2, 0.25) is 0 Å². The van der Waals surface area contributed by atoms with Crippen molar-refractivity contribution in [3.8, 4) is 0 Å². The van der Waals surface area contributed by atoms with Gasteiger partial charge in [-0.15, -0.1) is 0 Å². The van der Waals surface area contributed by atoms with Gasteiger partial charge in [-0.25, -0.2) is 8.42 Å². The van der Waals surface area contributed by atoms with Crippen LogP contribution < -0.4 is 5.32 Å². The van der Waals surface area contributed by atoms with Gasteiger partial charge in [-0.1, -0.05) is 6.42 Å². The molecule has 1 rings (SSSR count). The zero-order valence-corrected chi connectivity index (χ0v) is 10.5. The fraction of sp³-hybridized carbons (Fsp3) is 0.900. The summed E-state index contributed by atoms with van der Waals surface area (Å²) in [4.78, 5) is 11.0. The number of nitrogens with one attached hydrogen (secondary N) is 1. The van der Waals surface area contributed by atoms with Crippen LogP contribution in [0.4, 0.5) is 0 Å². The van der Waals surface area contributed by atoms with E-state index in [1.54, 1.807) is 0 Å². The molecule has 6 heteroatoms. The highest BCUT2D eigenvalue weighted by Crippen LogP contribution is 2.24. The summed E-state index contributed by atoms with van der Waals surface area (Å²) in [6.07, 6.45) is 3.13. The van der Waals surface area contributed by atoms with E-state index in [2.05, 4.69) is 10.1 Å². The number of carbonyl (C=O) groups is 1. The van der Waals surface area contributed by atoms with Crippen LogP contribution in [0, 0.1) is 0 Å². The molecule has 2 unspecified atom stereocenters. The van der Waals surface area contributed by atoms with Crippen molar-refractivity contribution >= 4 is 15.8 Å². The molecule has 1 fully saturated rings. The average Bonchev–Trinajstić information content (AvgIpc) is 2.28. The highest BCUT2D eigenvalue weighted by molar-refractivity contribution is 7.92. The number of ether oxygens (including phenoxy) is 1. The van der Waals surface area contributed by atoms with Crippen LogP contribution in [0.3, 0.4) is 0 Å². The summed E-state index contributed by atoms with van der Waals surface area (Å²) >= 11 is 0. The van der Waals surface area contributed by atoms with Crippen molar-refractivity contribution in [1.82, 2.24) is 5.32 Å². The summed E-state index contributed by atoms with van der Waals surface area (Å²) < 4.78 is 28.2. The van der Waals surface area contributed by atoms with Crippen LogP contribution in [0.1, 0.15) is 25.7 Å². The van der Waals surface area contributed by atoms with E-state index in [0.717, 1.165) is 12.8 Å². The highest BCUT2D eigenvalue weighted by Gasteiger charge is 2.32. The van der Waals surface area contributed by atoms with E-state index >= 15 is 0 Å². The average molecular weight is 249 g/mol. The number of sulfone groups is 1. The minimum Gasteiger partial charge on any atom is -0.468 e. The van der Waals surface area contributed by atoms with Crippen LogP contribution in [0.25, 0.3) is 0 Å². The lowest BCUT2D eigenvalue weighted by molar-refractivity contribution is -0.137. The molecule has 1 aliphatic rings. The smallest absolute Gasteiger partial charge is 0.320 e. The van der Waals surface area contributed by atoms with Gasteiger partial charge >= 0.3 is 5.97 Å². The maximum Gasteiger partial charge on any atom is 0.320 e. The molecule has 0 amide bonds. The van der Waals surface area contributed by atoms with Gasteiger partial charge in [-0.2, -0.15) is 0 Å². The van der Waals surface area contributed by atoms with Gasteiger partial charge < -0.3 is 10.1 Å². The van der Waals surface area contributed by atoms with E-state index in [1.165, 1.54) is 7.11 Å². The first-order chi connectivity index (χ1) is 7.49. The minimum atomic E-state index is -3.35. The van der Waals surface area contributed by atoms with Crippen molar-refractivity contribution < 1.29 is 17.9 Å². The standard InChI is InChI=1S/C10H19NO4S/c1-11-8-4-3-5-9(6-8)16(13,14)7-10(12)15-2/h8-9,11H,3-7H2,1-2H3. The Morgan fingerprint density at radius 3 is 2.69 bits per heavy atom. The van der Waals surface area contributed by atoms with Crippen molar-refractivity contribution in [2.75, 3.05) is 19.9 Å². The number of carbonyl (C=O) groups excluding carboxylic acids is 1. The van der Waals surface area contributed by atoms with Crippen LogP contribution in [0.15, 0.2) is 0 Å². The topological polar surface area (TPSA) is 72.5 Å². The van der Waals surface area contributed by atoms with E-state index in [1.807, 2.05) is 7.05 Å². The monoisotopic (exact) mass is 249 g/mol. The Hall–Kier alpha value is -0.620. The summed E-state index contributed by atoms with van der Waals surface area (Å²) in [7, 11) is -0.315. The Morgan fingerprint density at radius 1 is 1.44 bits per heavy atom. The van der Waals surface area contributed by atoms with E-state index in [4.69, 9.17) is 0 Å². The van der Waals surface area contributed by atoms with E-state index in [0.29, 0.717) is 12.8 Å². The molecule has 0 heterocycles. The number of hydrogen-bond acceptors (Lipinski definition) is 5. The summed E-state index contributed by atoms with van der Waals surface area (Å²) in [6.45, 7) is 0. The summed E-state index contributed by atoms with van der Waals surface area (Å²) in [5, 5.41) is 2.69. The first kappa shape index (κ1) is 13.4. The van der Waals surface area contributed by atoms with Gasteiger partial charge in [0, 0.05) is 6.04 Å². The fourth-order valence-corrected chi connectivity index (χ4v) is 3.81. The zero-order chi connectivity index (χ0) is 12.2. The summed E-state index contributed by atoms with van der Waals surface area (Å²) in [5.74, 6) is -1.17. The number of methoxy groups -OCH3 is 1. The SMILES string of the molecule is CNC1CCCC(S(=O)(=O)CC(=O)OC)C1. The Labute approximate surface area is 96.5 Å². The predicted molar refractivity (Wildman–Crippen MR) is 60.9 cm³/mol. The number of rotatable bonds is 4. The summed E-state index contributed by atoms with van der Waals surface area (Å²) in [6, 6.07) is 0.242. The molecule has 1 saturated carbocycles. The Kier molecular flexibility index (Phi) is 4.73. The fourth-order valence-electron chi connectivity index (χ4n) is 2.07. The van der Waals surface area contributed by atoms with Crippen LogP contribution in [-0.2, 0) is 19.4 Å². The molecule has 0 bridgehead atoms. The molecule has 2 atom stereocenters. The van der Waals surface area contributed by atoms with Gasteiger partial charge in [0.15, 0.2) is 9.84 Å². The van der Waals surface area contributed by atoms with E-state index < -0.39 is 26.8 Å². The van der Waals surface area contributed by atoms with Gasteiger partial charge in [0.1, 0.15) is 5.75 Å². The van der Waals surface area contributed by atoms with Crippen LogP contribution in [0.5, 0.6) is 0 Å². The quantitative estimate of drug-likeness (QED) is 0.716.